The Morgan fingerprint density at radius 3 is 1.09 bits per heavy atom. The molecule has 0 bridgehead atoms. The van der Waals surface area contributed by atoms with E-state index in [2.05, 4.69) is 92.1 Å². The van der Waals surface area contributed by atoms with E-state index in [1.165, 1.54) is 121 Å². The number of alkyl halides is 3. The third kappa shape index (κ3) is 27.7. The Labute approximate surface area is 714 Å². The van der Waals surface area contributed by atoms with E-state index >= 15 is 4.39 Å². The number of nitrogens with zero attached hydrogens (tertiary/aromatic N) is 11. The van der Waals surface area contributed by atoms with Gasteiger partial charge in [-0.25, -0.2) is 45.9 Å². The fourth-order valence-corrected chi connectivity index (χ4v) is 15.8. The zero-order valence-corrected chi connectivity index (χ0v) is 72.9. The molecule has 0 aromatic carbocycles. The Morgan fingerprint density at radius 1 is 0.414 bits per heavy atom. The predicted octanol–water partition coefficient (Wildman–Crippen LogP) is 22.2. The van der Waals surface area contributed by atoms with Gasteiger partial charge in [0.1, 0.15) is 47.1 Å². The van der Waals surface area contributed by atoms with Crippen molar-refractivity contribution in [2.45, 2.75) is 226 Å². The minimum Gasteiger partial charge on any atom is -0.477 e. The van der Waals surface area contributed by atoms with Crippen molar-refractivity contribution in [3.05, 3.63) is 245 Å². The second kappa shape index (κ2) is 43.5. The Hall–Kier alpha value is -8.14. The van der Waals surface area contributed by atoms with E-state index in [9.17, 15) is 44.7 Å². The molecule has 27 heteroatoms. The second-order valence-electron chi connectivity index (χ2n) is 32.2. The van der Waals surface area contributed by atoms with Crippen LogP contribution in [0, 0.1) is 81.7 Å². The summed E-state index contributed by atoms with van der Waals surface area (Å²) in [5.74, 6) is -7.17. The van der Waals surface area contributed by atoms with Crippen molar-refractivity contribution < 1.29 is 121 Å². The van der Waals surface area contributed by atoms with Gasteiger partial charge in [-0.05, 0) is 178 Å². The van der Waals surface area contributed by atoms with Crippen LogP contribution in [0.4, 0.5) is 39.5 Å². The molecule has 10 heterocycles. The fraction of sp³-hybridized carbons (Fsp3) is 0.438. The summed E-state index contributed by atoms with van der Waals surface area (Å²) in [7, 11) is 0. The van der Waals surface area contributed by atoms with Gasteiger partial charge in [0, 0.05) is 81.8 Å². The maximum absolute atomic E-state index is 15.1. The van der Waals surface area contributed by atoms with Crippen LogP contribution in [0.2, 0.25) is 0 Å². The first-order valence-corrected chi connectivity index (χ1v) is 38.8. The van der Waals surface area contributed by atoms with Gasteiger partial charge in [0.25, 0.3) is 0 Å². The molecule has 0 amide bonds. The maximum Gasteiger partial charge on any atom is 2.00 e. The number of aromatic nitrogens is 11. The van der Waals surface area contributed by atoms with Crippen molar-refractivity contribution in [2.24, 2.45) is 21.7 Å². The Bertz CT molecular complexity index is 4760. The van der Waals surface area contributed by atoms with Gasteiger partial charge in [0.2, 0.25) is 0 Å². The van der Waals surface area contributed by atoms with Crippen molar-refractivity contribution in [1.82, 2.24) is 54.6 Å². The zero-order chi connectivity index (χ0) is 81.0. The molecule has 4 saturated carbocycles. The fourth-order valence-electron chi connectivity index (χ4n) is 15.8. The monoisotopic (exact) mass is 2130 g/mol. The first-order chi connectivity index (χ1) is 53.8. The minimum atomic E-state index is -4.62. The molecule has 2 N–H and O–H groups in total. The van der Waals surface area contributed by atoms with E-state index in [0.29, 0.717) is 33.9 Å². The zero-order valence-electron chi connectivity index (χ0n) is 65.8. The Balaban J connectivity index is 0.000000229. The molecule has 0 atom stereocenters. The summed E-state index contributed by atoms with van der Waals surface area (Å²) in [4.78, 5) is 55.5. The van der Waals surface area contributed by atoms with E-state index in [1.54, 1.807) is 42.7 Å². The molecule has 0 unspecified atom stereocenters. The van der Waals surface area contributed by atoms with Gasteiger partial charge in [-0.15, -0.1) is 24.3 Å². The topological polar surface area (TPSA) is 208 Å². The third-order valence-electron chi connectivity index (χ3n) is 22.0. The first-order valence-electron chi connectivity index (χ1n) is 38.8. The molecule has 624 valence electrons. The number of hydrogen-bond donors (Lipinski definition) is 2. The van der Waals surface area contributed by atoms with Crippen molar-refractivity contribution in [3.8, 4) is 39.6 Å². The van der Waals surface area contributed by atoms with E-state index < -0.39 is 64.9 Å². The molecular formula is C89H96F9Ir2N11O4Pt-2. The standard InChI is InChI=1S/C38H42F5N5.C20H23F2N2.C19H21F2N2.2C6H5NO2.2Ir.Pt/c1-35(2,30-20-25(23-36(3)14-7-5-8-15-36)19-28(44-30)27-11-12-32(39)46-34(27)40)31-21-26(24-37(4)16-9-6-10-17-37)22-33(45-31)48-18-13-29(47-48)38(41,42)43;1-20(10-5-3-2-4-6-11-20)14-15-9-12-23-17(13-15)16-7-8-18(21)24-19(16)22;1-19(9-4-2-3-5-10-19)13-14-8-11-22-16(12-14)15-6-7-17(20)23-18(15)21;2*8-6(9)5-3-1-2-4-7-5;;;/h12-13,19-22H,5-10,14-17,23-24H2,1-4H3;8-9,12-13H,2-6,10-11,14H2,1H3;7-8,11-12H,2-5,9-10,13H2,1H3;2*1-4H,(H,8,9);;;/q-2;2*-1;;;;;+2. The molecule has 10 aromatic heterocycles. The maximum atomic E-state index is 15.1. The predicted molar refractivity (Wildman–Crippen MR) is 412 cm³/mol. The largest absolute Gasteiger partial charge is 2.00 e. The van der Waals surface area contributed by atoms with Crippen LogP contribution >= 0.6 is 0 Å². The summed E-state index contributed by atoms with van der Waals surface area (Å²) in [6.45, 7) is 13.2. The van der Waals surface area contributed by atoms with Crippen LogP contribution < -0.4 is 0 Å². The summed E-state index contributed by atoms with van der Waals surface area (Å²) in [6.07, 6.45) is 35.6. The molecule has 0 spiro atoms. The molecule has 4 aliphatic rings. The van der Waals surface area contributed by atoms with Crippen LogP contribution in [0.25, 0.3) is 39.6 Å². The molecule has 10 aromatic rings. The third-order valence-corrected chi connectivity index (χ3v) is 22.0. The van der Waals surface area contributed by atoms with Crippen LogP contribution in [0.3, 0.4) is 0 Å². The van der Waals surface area contributed by atoms with Crippen molar-refractivity contribution in [2.75, 3.05) is 0 Å². The van der Waals surface area contributed by atoms with Gasteiger partial charge in [0.15, 0.2) is 0 Å². The van der Waals surface area contributed by atoms with Gasteiger partial charge >= 0.3 is 39.2 Å². The van der Waals surface area contributed by atoms with Crippen LogP contribution in [-0.4, -0.2) is 76.8 Å². The second-order valence-corrected chi connectivity index (χ2v) is 32.2. The summed E-state index contributed by atoms with van der Waals surface area (Å²) in [5, 5.41) is 20.4. The first kappa shape index (κ1) is 95.0. The van der Waals surface area contributed by atoms with Gasteiger partial charge in [0.05, 0.1) is 11.5 Å². The summed E-state index contributed by atoms with van der Waals surface area (Å²) in [5.41, 5.74) is 5.75. The smallest absolute Gasteiger partial charge is 0.477 e. The van der Waals surface area contributed by atoms with E-state index in [4.69, 9.17) is 20.2 Å². The Kier molecular flexibility index (Phi) is 35.6. The number of aromatic carboxylic acids is 2. The minimum absolute atomic E-state index is 0. The van der Waals surface area contributed by atoms with Crippen LogP contribution in [0.1, 0.15) is 250 Å². The average molecular weight is 2130 g/mol. The van der Waals surface area contributed by atoms with Gasteiger partial charge in [-0.2, -0.15) is 13.2 Å². The van der Waals surface area contributed by atoms with Crippen LogP contribution in [0.5, 0.6) is 0 Å². The normalized spacial score (nSPS) is 16.1. The van der Waals surface area contributed by atoms with E-state index in [0.717, 1.165) is 128 Å². The van der Waals surface area contributed by atoms with Gasteiger partial charge in [-0.1, -0.05) is 224 Å². The number of hydrogen-bond acceptors (Lipinski definition) is 12. The number of halogens is 9. The summed E-state index contributed by atoms with van der Waals surface area (Å²) >= 11 is 0. The molecule has 15 nitrogen and oxygen atoms in total. The summed E-state index contributed by atoms with van der Waals surface area (Å²) < 4.78 is 124. The molecule has 4 fully saturated rings. The number of rotatable bonds is 16. The molecular weight excluding hydrogens is 2040 g/mol. The molecule has 4 aliphatic carbocycles. The summed E-state index contributed by atoms with van der Waals surface area (Å²) in [6, 6.07) is 36.7. The van der Waals surface area contributed by atoms with Crippen molar-refractivity contribution >= 4 is 11.9 Å². The van der Waals surface area contributed by atoms with E-state index in [-0.39, 0.29) is 111 Å². The van der Waals surface area contributed by atoms with Crippen LogP contribution in [0.15, 0.2) is 134 Å². The SMILES string of the molecule is CC1(Cc2cc(-c3[c-]cc(F)nc3F)nc(C(C)(C)c3cc(CC4(C)CCCCC4)cc(-n4[c-]cc(C(F)(F)F)n4)n3)c2)CCCCC1.CC1(Cc2ccnc(-c3[c-]cc(F)nc3F)c2)CCCCCC1.CC1(Cc2ccnc(-c3[c-]cc(F)nc3F)c2)CCCCCCC1.O=C(O)c1ccccn1.O=C(O)c1ccccn1.[Ir].[Ir].[Pt+2]. The number of pyridine rings is 9. The van der Waals surface area contributed by atoms with Crippen LogP contribution in [-0.2, 0) is 98.6 Å². The molecule has 0 aliphatic heterocycles. The molecule has 0 saturated heterocycles. The van der Waals surface area contributed by atoms with E-state index in [1.807, 2.05) is 56.3 Å². The van der Waals surface area contributed by atoms with Crippen molar-refractivity contribution in [1.29, 1.82) is 0 Å². The quantitative estimate of drug-likeness (QED) is 0.0399. The number of carboxylic acids is 2. The average Bonchev–Trinajstić information content (AvgIpc) is 1.11. The number of carboxylic acid groups (broad SMARTS) is 2. The molecule has 14 rings (SSSR count). The Morgan fingerprint density at radius 2 is 0.750 bits per heavy atom. The van der Waals surface area contributed by atoms with Crippen molar-refractivity contribution in [3.63, 3.8) is 0 Å². The molecule has 2 radical (unpaired) electrons. The number of carbonyl (C=O) groups is 2. The van der Waals surface area contributed by atoms with Gasteiger partial charge < -0.3 is 29.8 Å². The molecule has 116 heavy (non-hydrogen) atoms. The van der Waals surface area contributed by atoms with Gasteiger partial charge in [-0.3, -0.25) is 25.0 Å².